The Kier molecular flexibility index (Phi) is 9.30. The summed E-state index contributed by atoms with van der Waals surface area (Å²) in [5.41, 5.74) is 1.75. The Balaban J connectivity index is 0.00000320. The van der Waals surface area contributed by atoms with Crippen molar-refractivity contribution >= 4 is 41.7 Å². The number of rotatable bonds is 6. The Morgan fingerprint density at radius 1 is 1.30 bits per heavy atom. The summed E-state index contributed by atoms with van der Waals surface area (Å²) in [6.45, 7) is 1.77. The summed E-state index contributed by atoms with van der Waals surface area (Å²) >= 11 is 0. The molecule has 1 aromatic heterocycles. The van der Waals surface area contributed by atoms with Gasteiger partial charge in [-0.05, 0) is 24.1 Å². The third kappa shape index (κ3) is 6.55. The van der Waals surface area contributed by atoms with Crippen LogP contribution in [0.3, 0.4) is 0 Å². The summed E-state index contributed by atoms with van der Waals surface area (Å²) in [5, 5.41) is 13.9. The van der Waals surface area contributed by atoms with Gasteiger partial charge in [0, 0.05) is 38.9 Å². The van der Waals surface area contributed by atoms with E-state index in [1.165, 1.54) is 7.11 Å². The lowest BCUT2D eigenvalue weighted by molar-refractivity contribution is 0.177. The SMILES string of the molecule is CN=C(NCc1ccc(NC(=O)OC)cc1)NC1CCc2nc(COC)nn2C1.I. The van der Waals surface area contributed by atoms with E-state index in [4.69, 9.17) is 4.74 Å². The first kappa shape index (κ1) is 23.9. The molecule has 164 valence electrons. The van der Waals surface area contributed by atoms with Crippen LogP contribution in [0.15, 0.2) is 29.3 Å². The van der Waals surface area contributed by atoms with E-state index in [9.17, 15) is 4.79 Å². The number of halogens is 1. The van der Waals surface area contributed by atoms with E-state index in [1.807, 2.05) is 28.9 Å². The molecular weight excluding hydrogens is 501 g/mol. The fourth-order valence-electron chi connectivity index (χ4n) is 3.12. The molecule has 1 aliphatic heterocycles. The first-order valence-corrected chi connectivity index (χ1v) is 9.44. The van der Waals surface area contributed by atoms with Crippen molar-refractivity contribution in [3.8, 4) is 0 Å². The van der Waals surface area contributed by atoms with Crippen LogP contribution >= 0.6 is 24.0 Å². The van der Waals surface area contributed by atoms with Gasteiger partial charge in [-0.1, -0.05) is 12.1 Å². The van der Waals surface area contributed by atoms with Gasteiger partial charge in [0.1, 0.15) is 12.4 Å². The van der Waals surface area contributed by atoms with E-state index >= 15 is 0 Å². The zero-order valence-corrected chi connectivity index (χ0v) is 19.7. The lowest BCUT2D eigenvalue weighted by Gasteiger charge is -2.25. The molecule has 0 spiro atoms. The summed E-state index contributed by atoms with van der Waals surface area (Å²) in [5.74, 6) is 2.45. The van der Waals surface area contributed by atoms with Crippen molar-refractivity contribution in [2.24, 2.45) is 4.99 Å². The van der Waals surface area contributed by atoms with Crippen molar-refractivity contribution < 1.29 is 14.3 Å². The van der Waals surface area contributed by atoms with Gasteiger partial charge in [0.15, 0.2) is 11.8 Å². The number of nitrogens with zero attached hydrogens (tertiary/aromatic N) is 4. The minimum atomic E-state index is -0.488. The van der Waals surface area contributed by atoms with Crippen LogP contribution in [0.1, 0.15) is 23.6 Å². The Hall–Kier alpha value is -2.41. The molecule has 30 heavy (non-hydrogen) atoms. The largest absolute Gasteiger partial charge is 0.453 e. The molecule has 1 aromatic carbocycles. The number of aliphatic imine (C=N–C) groups is 1. The second kappa shape index (κ2) is 11.7. The second-order valence-electron chi connectivity index (χ2n) is 6.68. The number of carbonyl (C=O) groups is 1. The van der Waals surface area contributed by atoms with E-state index in [0.717, 1.165) is 42.6 Å². The number of anilines is 1. The first-order valence-electron chi connectivity index (χ1n) is 9.44. The topological polar surface area (TPSA) is 115 Å². The molecule has 10 nitrogen and oxygen atoms in total. The number of ether oxygens (including phenoxy) is 2. The molecule has 1 aliphatic rings. The highest BCUT2D eigenvalue weighted by Gasteiger charge is 2.22. The number of guanidine groups is 1. The zero-order valence-electron chi connectivity index (χ0n) is 17.3. The summed E-state index contributed by atoms with van der Waals surface area (Å²) in [4.78, 5) is 20.0. The van der Waals surface area contributed by atoms with Crippen molar-refractivity contribution in [1.29, 1.82) is 0 Å². The Morgan fingerprint density at radius 3 is 2.73 bits per heavy atom. The molecular formula is C19H28IN7O3. The second-order valence-corrected chi connectivity index (χ2v) is 6.68. The number of nitrogens with one attached hydrogen (secondary N) is 3. The van der Waals surface area contributed by atoms with Gasteiger partial charge in [-0.3, -0.25) is 10.3 Å². The van der Waals surface area contributed by atoms with Gasteiger partial charge in [-0.25, -0.2) is 14.5 Å². The van der Waals surface area contributed by atoms with E-state index in [0.29, 0.717) is 18.8 Å². The monoisotopic (exact) mass is 529 g/mol. The van der Waals surface area contributed by atoms with Gasteiger partial charge in [-0.2, -0.15) is 5.10 Å². The van der Waals surface area contributed by atoms with Gasteiger partial charge in [0.25, 0.3) is 0 Å². The van der Waals surface area contributed by atoms with Gasteiger partial charge >= 0.3 is 6.09 Å². The highest BCUT2D eigenvalue weighted by molar-refractivity contribution is 14.0. The Labute approximate surface area is 192 Å². The molecule has 1 amide bonds. The minimum absolute atomic E-state index is 0. The number of carbonyl (C=O) groups excluding carboxylic acids is 1. The molecule has 0 saturated carbocycles. The van der Waals surface area contributed by atoms with Crippen molar-refractivity contribution in [3.05, 3.63) is 41.5 Å². The number of fused-ring (bicyclic) bond motifs is 1. The summed E-state index contributed by atoms with van der Waals surface area (Å²) in [6.07, 6.45) is 1.33. The van der Waals surface area contributed by atoms with Gasteiger partial charge in [-0.15, -0.1) is 24.0 Å². The highest BCUT2D eigenvalue weighted by atomic mass is 127. The van der Waals surface area contributed by atoms with Crippen LogP contribution in [0.5, 0.6) is 0 Å². The maximum atomic E-state index is 11.2. The van der Waals surface area contributed by atoms with E-state index in [2.05, 4.69) is 35.8 Å². The molecule has 0 saturated heterocycles. The zero-order chi connectivity index (χ0) is 20.6. The van der Waals surface area contributed by atoms with Crippen molar-refractivity contribution in [1.82, 2.24) is 25.4 Å². The van der Waals surface area contributed by atoms with Crippen molar-refractivity contribution in [2.75, 3.05) is 26.6 Å². The molecule has 0 radical (unpaired) electrons. The van der Waals surface area contributed by atoms with Gasteiger partial charge in [0.05, 0.1) is 13.7 Å². The lowest BCUT2D eigenvalue weighted by Crippen LogP contribution is -2.46. The fourth-order valence-corrected chi connectivity index (χ4v) is 3.12. The maximum Gasteiger partial charge on any atom is 0.411 e. The number of methoxy groups -OCH3 is 2. The van der Waals surface area contributed by atoms with Crippen LogP contribution in [-0.2, 0) is 35.6 Å². The van der Waals surface area contributed by atoms with Gasteiger partial charge < -0.3 is 20.1 Å². The average Bonchev–Trinajstić information content (AvgIpc) is 3.14. The van der Waals surface area contributed by atoms with Crippen LogP contribution < -0.4 is 16.0 Å². The molecule has 1 atom stereocenters. The number of hydrogen-bond donors (Lipinski definition) is 3. The maximum absolute atomic E-state index is 11.2. The highest BCUT2D eigenvalue weighted by Crippen LogP contribution is 2.14. The summed E-state index contributed by atoms with van der Waals surface area (Å²) < 4.78 is 11.6. The smallest absolute Gasteiger partial charge is 0.411 e. The quantitative estimate of drug-likeness (QED) is 0.298. The predicted molar refractivity (Wildman–Crippen MR) is 124 cm³/mol. The van der Waals surface area contributed by atoms with Crippen LogP contribution in [0, 0.1) is 0 Å². The molecule has 11 heteroatoms. The third-order valence-electron chi connectivity index (χ3n) is 4.59. The first-order chi connectivity index (χ1) is 14.1. The van der Waals surface area contributed by atoms with Crippen LogP contribution in [0.2, 0.25) is 0 Å². The van der Waals surface area contributed by atoms with E-state index < -0.39 is 6.09 Å². The third-order valence-corrected chi connectivity index (χ3v) is 4.59. The molecule has 2 heterocycles. The number of benzene rings is 1. The standard InChI is InChI=1S/C19H27N7O3.HI/c1-20-18(21-10-13-4-6-14(7-5-13)23-19(27)29-3)22-15-8-9-17-24-16(12-28-2)25-26(17)11-15;/h4-7,15H,8-12H2,1-3H3,(H,23,27)(H2,20,21,22);1H. The summed E-state index contributed by atoms with van der Waals surface area (Å²) in [7, 11) is 4.73. The molecule has 2 aromatic rings. The number of hydrogen-bond acceptors (Lipinski definition) is 6. The number of aryl methyl sites for hydroxylation is 1. The predicted octanol–water partition coefficient (Wildman–Crippen LogP) is 1.90. The minimum Gasteiger partial charge on any atom is -0.453 e. The lowest BCUT2D eigenvalue weighted by atomic mass is 10.1. The molecule has 3 N–H and O–H groups in total. The van der Waals surface area contributed by atoms with Crippen molar-refractivity contribution in [2.45, 2.75) is 38.6 Å². The normalized spacial score (nSPS) is 15.6. The number of aromatic nitrogens is 3. The Morgan fingerprint density at radius 2 is 2.07 bits per heavy atom. The van der Waals surface area contributed by atoms with E-state index in [-0.39, 0.29) is 30.0 Å². The summed E-state index contributed by atoms with van der Waals surface area (Å²) in [6, 6.07) is 7.75. The van der Waals surface area contributed by atoms with E-state index in [1.54, 1.807) is 14.2 Å². The van der Waals surface area contributed by atoms with Crippen LogP contribution in [0.4, 0.5) is 10.5 Å². The van der Waals surface area contributed by atoms with Crippen LogP contribution in [-0.4, -0.2) is 54.1 Å². The fraction of sp³-hybridized carbons (Fsp3) is 0.474. The molecule has 0 fully saturated rings. The molecule has 1 unspecified atom stereocenters. The average molecular weight is 529 g/mol. The Bertz CT molecular complexity index is 854. The van der Waals surface area contributed by atoms with Gasteiger partial charge in [0.2, 0.25) is 0 Å². The molecule has 3 rings (SSSR count). The molecule has 0 aliphatic carbocycles. The van der Waals surface area contributed by atoms with Crippen LogP contribution in [0.25, 0.3) is 0 Å². The number of amides is 1. The molecule has 0 bridgehead atoms. The van der Waals surface area contributed by atoms with Crippen molar-refractivity contribution in [3.63, 3.8) is 0 Å².